The standard InChI is InChI=1S/C7H13N5O/c1-7(2,9)5-3-12(11-10-5)4-6(8)13/h3H,4,9H2,1-2H3,(H2,8,13). The van der Waals surface area contributed by atoms with Gasteiger partial charge in [0.2, 0.25) is 5.91 Å². The Hall–Kier alpha value is -1.43. The molecule has 1 heterocycles. The van der Waals surface area contributed by atoms with Crippen LogP contribution in [0.1, 0.15) is 19.5 Å². The first-order valence-electron chi connectivity index (χ1n) is 3.87. The average molecular weight is 183 g/mol. The lowest BCUT2D eigenvalue weighted by molar-refractivity contribution is -0.118. The van der Waals surface area contributed by atoms with Crippen LogP contribution in [0.2, 0.25) is 0 Å². The Balaban J connectivity index is 2.81. The van der Waals surface area contributed by atoms with E-state index in [4.69, 9.17) is 11.5 Å². The molecule has 1 aromatic rings. The molecule has 1 rings (SSSR count). The molecule has 0 aromatic carbocycles. The Morgan fingerprint density at radius 1 is 1.69 bits per heavy atom. The molecular formula is C7H13N5O. The van der Waals surface area contributed by atoms with Crippen LogP contribution < -0.4 is 11.5 Å². The minimum absolute atomic E-state index is 0.0308. The van der Waals surface area contributed by atoms with Crippen LogP contribution >= 0.6 is 0 Å². The smallest absolute Gasteiger partial charge is 0.239 e. The summed E-state index contributed by atoms with van der Waals surface area (Å²) in [5, 5.41) is 7.53. The largest absolute Gasteiger partial charge is 0.368 e. The number of aromatic nitrogens is 3. The van der Waals surface area contributed by atoms with Crippen LogP contribution in [-0.4, -0.2) is 20.9 Å². The molecule has 1 aromatic heterocycles. The lowest BCUT2D eigenvalue weighted by Gasteiger charge is -2.13. The molecule has 13 heavy (non-hydrogen) atoms. The predicted molar refractivity (Wildman–Crippen MR) is 46.4 cm³/mol. The molecule has 4 N–H and O–H groups in total. The minimum Gasteiger partial charge on any atom is -0.368 e. The molecule has 0 saturated heterocycles. The van der Waals surface area contributed by atoms with Gasteiger partial charge in [0.05, 0.1) is 11.7 Å². The highest BCUT2D eigenvalue weighted by molar-refractivity contribution is 5.73. The fourth-order valence-corrected chi connectivity index (χ4v) is 0.831. The highest BCUT2D eigenvalue weighted by Gasteiger charge is 2.18. The van der Waals surface area contributed by atoms with Crippen molar-refractivity contribution in [2.24, 2.45) is 11.5 Å². The minimum atomic E-state index is -0.546. The summed E-state index contributed by atoms with van der Waals surface area (Å²) in [5.41, 5.74) is 10.8. The third kappa shape index (κ3) is 2.51. The van der Waals surface area contributed by atoms with Crippen molar-refractivity contribution >= 4 is 5.91 Å². The van der Waals surface area contributed by atoms with Crippen molar-refractivity contribution in [3.8, 4) is 0 Å². The molecule has 0 bridgehead atoms. The second-order valence-electron chi connectivity index (χ2n) is 3.49. The van der Waals surface area contributed by atoms with Crippen LogP contribution in [0.3, 0.4) is 0 Å². The van der Waals surface area contributed by atoms with E-state index in [-0.39, 0.29) is 6.54 Å². The quantitative estimate of drug-likeness (QED) is 0.625. The second kappa shape index (κ2) is 3.14. The maximum absolute atomic E-state index is 10.5. The Morgan fingerprint density at radius 3 is 2.69 bits per heavy atom. The maximum atomic E-state index is 10.5. The summed E-state index contributed by atoms with van der Waals surface area (Å²) >= 11 is 0. The van der Waals surface area contributed by atoms with Crippen molar-refractivity contribution in [1.82, 2.24) is 15.0 Å². The highest BCUT2D eigenvalue weighted by Crippen LogP contribution is 2.11. The fraction of sp³-hybridized carbons (Fsp3) is 0.571. The molecule has 0 aliphatic heterocycles. The zero-order chi connectivity index (χ0) is 10.1. The number of rotatable bonds is 3. The summed E-state index contributed by atoms with van der Waals surface area (Å²) in [6.07, 6.45) is 1.62. The Bertz CT molecular complexity index is 311. The third-order valence-corrected chi connectivity index (χ3v) is 1.52. The number of carbonyl (C=O) groups is 1. The summed E-state index contributed by atoms with van der Waals surface area (Å²) in [6, 6.07) is 0. The van der Waals surface area contributed by atoms with E-state index < -0.39 is 11.4 Å². The topological polar surface area (TPSA) is 99.8 Å². The molecule has 0 fully saturated rings. The second-order valence-corrected chi connectivity index (χ2v) is 3.49. The fourth-order valence-electron chi connectivity index (χ4n) is 0.831. The van der Waals surface area contributed by atoms with E-state index in [9.17, 15) is 4.79 Å². The van der Waals surface area contributed by atoms with Gasteiger partial charge in [0.15, 0.2) is 0 Å². The van der Waals surface area contributed by atoms with Crippen molar-refractivity contribution in [1.29, 1.82) is 0 Å². The van der Waals surface area contributed by atoms with Crippen molar-refractivity contribution in [3.63, 3.8) is 0 Å². The number of carbonyl (C=O) groups excluding carboxylic acids is 1. The van der Waals surface area contributed by atoms with Crippen LogP contribution in [0.15, 0.2) is 6.20 Å². The van der Waals surface area contributed by atoms with Gasteiger partial charge in [0, 0.05) is 0 Å². The summed E-state index contributed by atoms with van der Waals surface area (Å²) < 4.78 is 1.37. The van der Waals surface area contributed by atoms with Crippen molar-refractivity contribution in [2.75, 3.05) is 0 Å². The Kier molecular flexibility index (Phi) is 2.33. The number of hydrogen-bond acceptors (Lipinski definition) is 4. The molecule has 0 saturated carbocycles. The number of nitrogens with zero attached hydrogens (tertiary/aromatic N) is 3. The third-order valence-electron chi connectivity index (χ3n) is 1.52. The molecule has 0 aliphatic rings. The van der Waals surface area contributed by atoms with E-state index in [0.29, 0.717) is 5.69 Å². The van der Waals surface area contributed by atoms with Crippen LogP contribution in [0, 0.1) is 0 Å². The van der Waals surface area contributed by atoms with Gasteiger partial charge in [-0.15, -0.1) is 5.10 Å². The molecule has 0 unspecified atom stereocenters. The number of amides is 1. The molecule has 1 amide bonds. The number of hydrogen-bond donors (Lipinski definition) is 2. The summed E-state index contributed by atoms with van der Waals surface area (Å²) in [5.74, 6) is -0.453. The van der Waals surface area contributed by atoms with E-state index in [0.717, 1.165) is 0 Å². The molecule has 0 aliphatic carbocycles. The van der Waals surface area contributed by atoms with E-state index in [2.05, 4.69) is 10.3 Å². The first kappa shape index (κ1) is 9.66. The first-order valence-corrected chi connectivity index (χ1v) is 3.87. The summed E-state index contributed by atoms with van der Waals surface area (Å²) in [4.78, 5) is 10.5. The molecule has 6 heteroatoms. The lowest BCUT2D eigenvalue weighted by atomic mass is 10.0. The molecule has 72 valence electrons. The normalized spacial score (nSPS) is 11.6. The van der Waals surface area contributed by atoms with Crippen molar-refractivity contribution in [2.45, 2.75) is 25.9 Å². The monoisotopic (exact) mass is 183 g/mol. The first-order chi connectivity index (χ1) is 5.89. The van der Waals surface area contributed by atoms with Gasteiger partial charge >= 0.3 is 0 Å². The van der Waals surface area contributed by atoms with Gasteiger partial charge < -0.3 is 11.5 Å². The van der Waals surface area contributed by atoms with E-state index >= 15 is 0 Å². The highest BCUT2D eigenvalue weighted by atomic mass is 16.1. The summed E-state index contributed by atoms with van der Waals surface area (Å²) in [6.45, 7) is 3.65. The van der Waals surface area contributed by atoms with Gasteiger partial charge in [0.1, 0.15) is 12.2 Å². The van der Waals surface area contributed by atoms with Gasteiger partial charge in [0.25, 0.3) is 0 Å². The van der Waals surface area contributed by atoms with Crippen LogP contribution in [-0.2, 0) is 16.9 Å². The molecule has 0 radical (unpaired) electrons. The van der Waals surface area contributed by atoms with Crippen molar-refractivity contribution in [3.05, 3.63) is 11.9 Å². The number of primary amides is 1. The zero-order valence-corrected chi connectivity index (χ0v) is 7.69. The lowest BCUT2D eigenvalue weighted by Crippen LogP contribution is -2.29. The molecule has 6 nitrogen and oxygen atoms in total. The molecular weight excluding hydrogens is 170 g/mol. The molecule has 0 atom stereocenters. The van der Waals surface area contributed by atoms with Crippen LogP contribution in [0.25, 0.3) is 0 Å². The number of nitrogens with two attached hydrogens (primary N) is 2. The predicted octanol–water partition coefficient (Wildman–Crippen LogP) is -1.04. The van der Waals surface area contributed by atoms with Crippen LogP contribution in [0.5, 0.6) is 0 Å². The molecule has 0 spiro atoms. The SMILES string of the molecule is CC(C)(N)c1cn(CC(N)=O)nn1. The maximum Gasteiger partial charge on any atom is 0.239 e. The van der Waals surface area contributed by atoms with Crippen LogP contribution in [0.4, 0.5) is 0 Å². The van der Waals surface area contributed by atoms with Gasteiger partial charge in [-0.3, -0.25) is 4.79 Å². The van der Waals surface area contributed by atoms with Crippen molar-refractivity contribution < 1.29 is 4.79 Å². The van der Waals surface area contributed by atoms with E-state index in [1.54, 1.807) is 6.20 Å². The van der Waals surface area contributed by atoms with Gasteiger partial charge in [-0.1, -0.05) is 5.21 Å². The van der Waals surface area contributed by atoms with E-state index in [1.807, 2.05) is 13.8 Å². The zero-order valence-electron chi connectivity index (χ0n) is 7.69. The van der Waals surface area contributed by atoms with Gasteiger partial charge in [-0.25, -0.2) is 4.68 Å². The van der Waals surface area contributed by atoms with Gasteiger partial charge in [-0.2, -0.15) is 0 Å². The van der Waals surface area contributed by atoms with E-state index in [1.165, 1.54) is 4.68 Å². The average Bonchev–Trinajstić information content (AvgIpc) is 2.32. The van der Waals surface area contributed by atoms with Gasteiger partial charge in [-0.05, 0) is 13.8 Å². The Morgan fingerprint density at radius 2 is 2.31 bits per heavy atom. The summed E-state index contributed by atoms with van der Waals surface area (Å²) in [7, 11) is 0. The Labute approximate surface area is 75.9 Å².